The maximum Gasteiger partial charge on any atom is 0.0725 e. The molecular formula is C27H59N5. The van der Waals surface area contributed by atoms with E-state index in [9.17, 15) is 0 Å². The van der Waals surface area contributed by atoms with Crippen LogP contribution in [0.2, 0.25) is 0 Å². The second-order valence-corrected chi connectivity index (χ2v) is 7.42. The predicted molar refractivity (Wildman–Crippen MR) is 145 cm³/mol. The van der Waals surface area contributed by atoms with Gasteiger partial charge >= 0.3 is 0 Å². The fourth-order valence-corrected chi connectivity index (χ4v) is 2.19. The Bertz CT molecular complexity index is 454. The van der Waals surface area contributed by atoms with Gasteiger partial charge in [0, 0.05) is 19.8 Å². The Morgan fingerprint density at radius 2 is 1.44 bits per heavy atom. The lowest BCUT2D eigenvalue weighted by Gasteiger charge is -2.05. The number of aryl methyl sites for hydroxylation is 2. The SMILES string of the molecule is C/C=C\N=NC.CC.CC.CCC(C)C.CCCCCCCCc1cnnn1CCCC. The Labute approximate surface area is 202 Å². The smallest absolute Gasteiger partial charge is 0.0725 e. The van der Waals surface area contributed by atoms with E-state index in [0.717, 1.165) is 18.9 Å². The molecule has 5 nitrogen and oxygen atoms in total. The zero-order chi connectivity index (χ0) is 25.5. The zero-order valence-corrected chi connectivity index (χ0v) is 23.8. The van der Waals surface area contributed by atoms with Crippen molar-refractivity contribution in [1.82, 2.24) is 15.0 Å². The molecule has 0 saturated heterocycles. The van der Waals surface area contributed by atoms with Gasteiger partial charge in [0.15, 0.2) is 0 Å². The van der Waals surface area contributed by atoms with Crippen LogP contribution in [0.1, 0.15) is 133 Å². The maximum absolute atomic E-state index is 4.15. The molecule has 0 aliphatic heterocycles. The minimum atomic E-state index is 0.884. The third-order valence-corrected chi connectivity index (χ3v) is 4.36. The van der Waals surface area contributed by atoms with Gasteiger partial charge in [-0.3, -0.25) is 0 Å². The molecule has 0 amide bonds. The number of aromatic nitrogens is 3. The molecule has 1 heterocycles. The number of hydrogen-bond acceptors (Lipinski definition) is 4. The van der Waals surface area contributed by atoms with Gasteiger partial charge in [-0.05, 0) is 32.1 Å². The van der Waals surface area contributed by atoms with E-state index in [1.807, 2.05) is 46.9 Å². The lowest BCUT2D eigenvalue weighted by molar-refractivity contribution is 0.522. The summed E-state index contributed by atoms with van der Waals surface area (Å²) in [5.74, 6) is 0.884. The molecule has 5 heteroatoms. The van der Waals surface area contributed by atoms with Gasteiger partial charge in [-0.2, -0.15) is 10.2 Å². The number of azo groups is 1. The molecule has 0 radical (unpaired) electrons. The van der Waals surface area contributed by atoms with Gasteiger partial charge in [0.2, 0.25) is 0 Å². The van der Waals surface area contributed by atoms with Gasteiger partial charge in [-0.1, -0.05) is 119 Å². The van der Waals surface area contributed by atoms with Crippen molar-refractivity contribution in [3.05, 3.63) is 24.2 Å². The lowest BCUT2D eigenvalue weighted by atomic mass is 10.1. The van der Waals surface area contributed by atoms with Crippen LogP contribution in [0.3, 0.4) is 0 Å². The van der Waals surface area contributed by atoms with E-state index in [0.29, 0.717) is 0 Å². The summed E-state index contributed by atoms with van der Waals surface area (Å²) in [6.45, 7) is 22.0. The molecule has 0 spiro atoms. The normalized spacial score (nSPS) is 9.88. The van der Waals surface area contributed by atoms with Crippen molar-refractivity contribution in [2.75, 3.05) is 7.05 Å². The highest BCUT2D eigenvalue weighted by Crippen LogP contribution is 2.09. The van der Waals surface area contributed by atoms with Crippen LogP contribution < -0.4 is 0 Å². The number of hydrogen-bond donors (Lipinski definition) is 0. The summed E-state index contributed by atoms with van der Waals surface area (Å²) in [5.41, 5.74) is 1.31. The highest BCUT2D eigenvalue weighted by atomic mass is 15.4. The summed E-state index contributed by atoms with van der Waals surface area (Å²) < 4.78 is 2.08. The number of allylic oxidation sites excluding steroid dienone is 1. The fraction of sp³-hybridized carbons (Fsp3) is 0.852. The maximum atomic E-state index is 4.15. The largest absolute Gasteiger partial charge is 0.249 e. The highest BCUT2D eigenvalue weighted by Gasteiger charge is 2.02. The van der Waals surface area contributed by atoms with E-state index in [1.165, 1.54) is 63.5 Å². The minimum absolute atomic E-state index is 0.884. The molecular weight excluding hydrogens is 394 g/mol. The fourth-order valence-electron chi connectivity index (χ4n) is 2.19. The van der Waals surface area contributed by atoms with Crippen molar-refractivity contribution >= 4 is 0 Å². The van der Waals surface area contributed by atoms with Crippen LogP contribution in [-0.2, 0) is 13.0 Å². The summed E-state index contributed by atoms with van der Waals surface area (Å²) >= 11 is 0. The van der Waals surface area contributed by atoms with E-state index >= 15 is 0 Å². The first-order chi connectivity index (χ1) is 15.6. The van der Waals surface area contributed by atoms with Gasteiger partial charge in [0.1, 0.15) is 0 Å². The van der Waals surface area contributed by atoms with Crippen molar-refractivity contribution in [1.29, 1.82) is 0 Å². The van der Waals surface area contributed by atoms with Crippen LogP contribution in [0.5, 0.6) is 0 Å². The molecule has 0 aliphatic carbocycles. The molecule has 1 rings (SSSR count). The molecule has 0 saturated carbocycles. The molecule has 0 bridgehead atoms. The molecule has 1 aromatic rings. The van der Waals surface area contributed by atoms with E-state index < -0.39 is 0 Å². The summed E-state index contributed by atoms with van der Waals surface area (Å²) in [5, 5.41) is 15.2. The highest BCUT2D eigenvalue weighted by molar-refractivity contribution is 4.93. The van der Waals surface area contributed by atoms with Crippen LogP contribution in [0.15, 0.2) is 28.7 Å². The quantitative estimate of drug-likeness (QED) is 0.233. The third kappa shape index (κ3) is 33.1. The van der Waals surface area contributed by atoms with Crippen molar-refractivity contribution in [3.8, 4) is 0 Å². The third-order valence-electron chi connectivity index (χ3n) is 4.36. The molecule has 0 fully saturated rings. The zero-order valence-electron chi connectivity index (χ0n) is 23.8. The first kappa shape index (κ1) is 37.8. The van der Waals surface area contributed by atoms with Crippen molar-refractivity contribution in [2.24, 2.45) is 16.1 Å². The molecule has 0 aliphatic rings. The van der Waals surface area contributed by atoms with E-state index in [2.05, 4.69) is 59.8 Å². The van der Waals surface area contributed by atoms with Crippen LogP contribution in [0, 0.1) is 5.92 Å². The standard InChI is InChI=1S/C14H27N3.C5H12.C4H8N2.2C2H6/c1-3-5-7-8-9-10-11-14-13-15-16-17(14)12-6-4-2;1-4-5(2)3;1-3-4-6-5-2;2*1-2/h13H,3-12H2,1-2H3;5H,4H2,1-3H3;3-4H,1-2H3;2*1-2H3/b;;4-3-,6-5?;;. The summed E-state index contributed by atoms with van der Waals surface area (Å²) in [4.78, 5) is 0. The Balaban J connectivity index is -0.000000216. The van der Waals surface area contributed by atoms with Gasteiger partial charge in [-0.25, -0.2) is 4.68 Å². The van der Waals surface area contributed by atoms with E-state index in [-0.39, 0.29) is 0 Å². The second kappa shape index (κ2) is 36.8. The number of rotatable bonds is 12. The first-order valence-electron chi connectivity index (χ1n) is 13.3. The first-order valence-corrected chi connectivity index (χ1v) is 13.3. The van der Waals surface area contributed by atoms with Crippen LogP contribution in [-0.4, -0.2) is 22.0 Å². The van der Waals surface area contributed by atoms with Crippen molar-refractivity contribution < 1.29 is 0 Å². The van der Waals surface area contributed by atoms with E-state index in [4.69, 9.17) is 0 Å². The molecule has 192 valence electrons. The summed E-state index contributed by atoms with van der Waals surface area (Å²) in [6.07, 6.45) is 18.4. The Morgan fingerprint density at radius 3 is 1.88 bits per heavy atom. The van der Waals surface area contributed by atoms with Gasteiger partial charge in [0.25, 0.3) is 0 Å². The Kier molecular flexibility index (Phi) is 43.5. The molecule has 0 N–H and O–H groups in total. The van der Waals surface area contributed by atoms with Gasteiger partial charge < -0.3 is 0 Å². The Morgan fingerprint density at radius 1 is 0.906 bits per heavy atom. The lowest BCUT2D eigenvalue weighted by Crippen LogP contribution is -2.05. The number of nitrogens with zero attached hydrogens (tertiary/aromatic N) is 5. The van der Waals surface area contributed by atoms with Crippen molar-refractivity contribution in [2.45, 2.75) is 140 Å². The molecule has 0 atom stereocenters. The minimum Gasteiger partial charge on any atom is -0.249 e. The van der Waals surface area contributed by atoms with Crippen LogP contribution >= 0.6 is 0 Å². The second-order valence-electron chi connectivity index (χ2n) is 7.42. The monoisotopic (exact) mass is 453 g/mol. The van der Waals surface area contributed by atoms with Gasteiger partial charge in [0.05, 0.1) is 11.9 Å². The number of unbranched alkanes of at least 4 members (excludes halogenated alkanes) is 6. The van der Waals surface area contributed by atoms with Gasteiger partial charge in [-0.15, -0.1) is 5.10 Å². The average molecular weight is 454 g/mol. The predicted octanol–water partition coefficient (Wildman–Crippen LogP) is 9.69. The summed E-state index contributed by atoms with van der Waals surface area (Å²) in [6, 6.07) is 0. The topological polar surface area (TPSA) is 55.4 Å². The Hall–Kier alpha value is -1.52. The van der Waals surface area contributed by atoms with Crippen LogP contribution in [0.4, 0.5) is 0 Å². The molecule has 0 unspecified atom stereocenters. The average Bonchev–Trinajstić information content (AvgIpc) is 3.29. The molecule has 1 aromatic heterocycles. The molecule has 32 heavy (non-hydrogen) atoms. The summed E-state index contributed by atoms with van der Waals surface area (Å²) in [7, 11) is 1.64. The van der Waals surface area contributed by atoms with Crippen LogP contribution in [0.25, 0.3) is 0 Å². The van der Waals surface area contributed by atoms with E-state index in [1.54, 1.807) is 13.2 Å². The van der Waals surface area contributed by atoms with Crippen molar-refractivity contribution in [3.63, 3.8) is 0 Å². The molecule has 0 aromatic carbocycles.